The standard InChI is InChI=1S/C26H28F4N2O12/c1-11(33)39-10-19-20(40-12(2)34)21(41-13(3)35)23(42-14(4)36)26(37,43-19)44-24-17(22(31-32-24)25(28,29)30)8-15-6-7-16(38-5)9-18(15)27/h6-7,9,19-21,23,37H,8,10H2,1-5H3,(H,31,32)/t19-,20-,21+,23-,26-/m1/s1. The summed E-state index contributed by atoms with van der Waals surface area (Å²) in [4.78, 5) is 47.5. The van der Waals surface area contributed by atoms with Crippen molar-refractivity contribution in [2.75, 3.05) is 13.7 Å². The molecule has 2 aromatic rings. The Morgan fingerprint density at radius 1 is 1.00 bits per heavy atom. The summed E-state index contributed by atoms with van der Waals surface area (Å²) in [7, 11) is 1.26. The van der Waals surface area contributed by atoms with Gasteiger partial charge in [-0.1, -0.05) is 6.07 Å². The number of nitrogens with zero attached hydrogens (tertiary/aromatic N) is 1. The first-order chi connectivity index (χ1) is 20.4. The first-order valence-electron chi connectivity index (χ1n) is 12.7. The molecule has 14 nitrogen and oxygen atoms in total. The number of aromatic nitrogens is 2. The van der Waals surface area contributed by atoms with Crippen molar-refractivity contribution in [3.8, 4) is 11.6 Å². The van der Waals surface area contributed by atoms with Crippen LogP contribution in [0.4, 0.5) is 17.6 Å². The van der Waals surface area contributed by atoms with Gasteiger partial charge in [0, 0.05) is 40.2 Å². The quantitative estimate of drug-likeness (QED) is 0.167. The van der Waals surface area contributed by atoms with Crippen molar-refractivity contribution in [1.29, 1.82) is 0 Å². The number of rotatable bonds is 10. The maximum Gasteiger partial charge on any atom is 0.433 e. The van der Waals surface area contributed by atoms with Gasteiger partial charge in [0.25, 0.3) is 0 Å². The van der Waals surface area contributed by atoms with Crippen LogP contribution in [-0.4, -0.2) is 83.3 Å². The molecule has 2 heterocycles. The molecule has 1 fully saturated rings. The number of hydrogen-bond donors (Lipinski definition) is 2. The molecule has 0 aliphatic carbocycles. The topological polar surface area (TPSA) is 182 Å². The minimum absolute atomic E-state index is 0.0813. The fraction of sp³-hybridized carbons (Fsp3) is 0.500. The summed E-state index contributed by atoms with van der Waals surface area (Å²) >= 11 is 0. The number of aromatic amines is 1. The molecule has 2 N–H and O–H groups in total. The number of aliphatic hydroxyl groups is 1. The molecule has 0 saturated carbocycles. The minimum Gasteiger partial charge on any atom is -0.497 e. The number of methoxy groups -OCH3 is 1. The van der Waals surface area contributed by atoms with E-state index in [1.54, 1.807) is 5.10 Å². The molecule has 242 valence electrons. The van der Waals surface area contributed by atoms with E-state index in [1.807, 2.05) is 0 Å². The van der Waals surface area contributed by atoms with Crippen LogP contribution in [0.1, 0.15) is 44.5 Å². The van der Waals surface area contributed by atoms with Crippen molar-refractivity contribution in [3.63, 3.8) is 0 Å². The number of benzene rings is 1. The molecule has 1 aromatic carbocycles. The van der Waals surface area contributed by atoms with Gasteiger partial charge >= 0.3 is 36.0 Å². The molecule has 0 radical (unpaired) electrons. The lowest BCUT2D eigenvalue weighted by Gasteiger charge is -2.47. The van der Waals surface area contributed by atoms with E-state index in [0.29, 0.717) is 0 Å². The van der Waals surface area contributed by atoms with Crippen LogP contribution in [0.3, 0.4) is 0 Å². The van der Waals surface area contributed by atoms with Crippen LogP contribution in [0.15, 0.2) is 18.2 Å². The molecular weight excluding hydrogens is 608 g/mol. The van der Waals surface area contributed by atoms with Gasteiger partial charge in [0.05, 0.1) is 12.7 Å². The highest BCUT2D eigenvalue weighted by molar-refractivity contribution is 5.68. The van der Waals surface area contributed by atoms with Crippen molar-refractivity contribution >= 4 is 23.9 Å². The molecule has 5 atom stereocenters. The monoisotopic (exact) mass is 636 g/mol. The Morgan fingerprint density at radius 2 is 1.61 bits per heavy atom. The zero-order chi connectivity index (χ0) is 33.0. The van der Waals surface area contributed by atoms with E-state index in [4.69, 9.17) is 33.2 Å². The van der Waals surface area contributed by atoms with E-state index in [2.05, 4.69) is 5.10 Å². The first kappa shape index (κ1) is 34.0. The maximum atomic E-state index is 14.8. The molecular formula is C26H28F4N2O12. The van der Waals surface area contributed by atoms with E-state index >= 15 is 0 Å². The van der Waals surface area contributed by atoms with Crippen molar-refractivity contribution in [3.05, 3.63) is 40.8 Å². The van der Waals surface area contributed by atoms with Gasteiger partial charge < -0.3 is 38.3 Å². The average Bonchev–Trinajstić information content (AvgIpc) is 3.29. The summed E-state index contributed by atoms with van der Waals surface area (Å²) in [6.07, 6.45) is -13.5. The molecule has 0 amide bonds. The Hall–Kier alpha value is -4.45. The van der Waals surface area contributed by atoms with Gasteiger partial charge in [0.15, 0.2) is 12.2 Å². The molecule has 0 bridgehead atoms. The van der Waals surface area contributed by atoms with Crippen molar-refractivity contribution < 1.29 is 75.0 Å². The number of ether oxygens (including phenoxy) is 7. The third-order valence-corrected chi connectivity index (χ3v) is 6.00. The second-order valence-electron chi connectivity index (χ2n) is 9.38. The molecule has 0 unspecified atom stereocenters. The molecule has 1 aliphatic rings. The highest BCUT2D eigenvalue weighted by Gasteiger charge is 2.62. The van der Waals surface area contributed by atoms with Crippen LogP contribution in [0.2, 0.25) is 0 Å². The van der Waals surface area contributed by atoms with E-state index in [0.717, 1.165) is 39.8 Å². The fourth-order valence-corrected chi connectivity index (χ4v) is 4.29. The van der Waals surface area contributed by atoms with E-state index < -0.39 is 96.4 Å². The average molecular weight is 637 g/mol. The molecule has 18 heteroatoms. The zero-order valence-electron chi connectivity index (χ0n) is 23.9. The summed E-state index contributed by atoms with van der Waals surface area (Å²) in [5.41, 5.74) is -2.57. The zero-order valence-corrected chi connectivity index (χ0v) is 23.9. The lowest BCUT2D eigenvalue weighted by Crippen LogP contribution is -2.70. The Labute approximate surface area is 246 Å². The van der Waals surface area contributed by atoms with Crippen LogP contribution in [0, 0.1) is 5.82 Å². The van der Waals surface area contributed by atoms with Gasteiger partial charge in [-0.15, -0.1) is 5.10 Å². The summed E-state index contributed by atoms with van der Waals surface area (Å²) in [6, 6.07) is 3.36. The highest BCUT2D eigenvalue weighted by atomic mass is 19.4. The SMILES string of the molecule is COc1ccc(Cc2c(O[C@]3(O)O[C@H](COC(C)=O)[C@@H](OC(C)=O)[C@H](OC(C)=O)[C@H]3OC(C)=O)n[nH]c2C(F)(F)F)c(F)c1. The number of H-pyrrole nitrogens is 1. The second kappa shape index (κ2) is 13.5. The summed E-state index contributed by atoms with van der Waals surface area (Å²) in [6.45, 7) is 2.97. The lowest BCUT2D eigenvalue weighted by atomic mass is 9.96. The maximum absolute atomic E-state index is 14.8. The van der Waals surface area contributed by atoms with Crippen molar-refractivity contribution in [2.45, 2.75) is 70.7 Å². The van der Waals surface area contributed by atoms with E-state index in [9.17, 15) is 41.8 Å². The minimum atomic E-state index is -5.09. The Bertz CT molecular complexity index is 1400. The van der Waals surface area contributed by atoms with Gasteiger partial charge in [0.2, 0.25) is 12.0 Å². The highest BCUT2D eigenvalue weighted by Crippen LogP contribution is 2.40. The fourth-order valence-electron chi connectivity index (χ4n) is 4.29. The van der Waals surface area contributed by atoms with Gasteiger partial charge in [-0.05, 0) is 11.6 Å². The van der Waals surface area contributed by atoms with Gasteiger partial charge in [-0.25, -0.2) is 4.39 Å². The number of esters is 4. The molecule has 3 rings (SSSR count). The number of alkyl halides is 3. The Balaban J connectivity index is 2.16. The number of hydrogen-bond acceptors (Lipinski definition) is 13. The number of carbonyl (C=O) groups excluding carboxylic acids is 4. The van der Waals surface area contributed by atoms with E-state index in [1.165, 1.54) is 13.2 Å². The summed E-state index contributed by atoms with van der Waals surface area (Å²) in [5.74, 6) is -9.21. The largest absolute Gasteiger partial charge is 0.497 e. The van der Waals surface area contributed by atoms with Gasteiger partial charge in [-0.3, -0.25) is 24.3 Å². The molecule has 44 heavy (non-hydrogen) atoms. The summed E-state index contributed by atoms with van der Waals surface area (Å²) < 4.78 is 92.8. The third-order valence-electron chi connectivity index (χ3n) is 6.00. The molecule has 0 spiro atoms. The van der Waals surface area contributed by atoms with Crippen LogP contribution in [0.25, 0.3) is 0 Å². The Kier molecular flexibility index (Phi) is 10.4. The molecule has 1 saturated heterocycles. The van der Waals surface area contributed by atoms with Crippen LogP contribution < -0.4 is 9.47 Å². The number of halogens is 4. The number of carbonyl (C=O) groups is 4. The van der Waals surface area contributed by atoms with Gasteiger partial charge in [0.1, 0.15) is 30.0 Å². The lowest BCUT2D eigenvalue weighted by molar-refractivity contribution is -0.422. The predicted molar refractivity (Wildman–Crippen MR) is 133 cm³/mol. The van der Waals surface area contributed by atoms with Crippen molar-refractivity contribution in [2.24, 2.45) is 0 Å². The molecule has 1 aliphatic heterocycles. The summed E-state index contributed by atoms with van der Waals surface area (Å²) in [5, 5.41) is 16.8. The normalized spacial score (nSPS) is 23.3. The van der Waals surface area contributed by atoms with Crippen LogP contribution in [-0.2, 0) is 55.5 Å². The molecule has 1 aromatic heterocycles. The van der Waals surface area contributed by atoms with Crippen molar-refractivity contribution in [1.82, 2.24) is 10.2 Å². The van der Waals surface area contributed by atoms with Crippen LogP contribution >= 0.6 is 0 Å². The van der Waals surface area contributed by atoms with Crippen LogP contribution in [0.5, 0.6) is 11.6 Å². The number of nitrogens with one attached hydrogen (secondary N) is 1. The van der Waals surface area contributed by atoms with E-state index in [-0.39, 0.29) is 11.3 Å². The Morgan fingerprint density at radius 3 is 2.14 bits per heavy atom. The van der Waals surface area contributed by atoms with Gasteiger partial charge in [-0.2, -0.15) is 13.2 Å². The third kappa shape index (κ3) is 8.13. The smallest absolute Gasteiger partial charge is 0.433 e. The first-order valence-corrected chi connectivity index (χ1v) is 12.7. The second-order valence-corrected chi connectivity index (χ2v) is 9.38. The predicted octanol–water partition coefficient (Wildman–Crippen LogP) is 1.95.